The summed E-state index contributed by atoms with van der Waals surface area (Å²) in [5.74, 6) is 0.248. The summed E-state index contributed by atoms with van der Waals surface area (Å²) in [7, 11) is 0. The molecule has 1 aromatic rings. The highest BCUT2D eigenvalue weighted by Crippen LogP contribution is 2.19. The van der Waals surface area contributed by atoms with Crippen molar-refractivity contribution in [2.24, 2.45) is 0 Å². The Morgan fingerprint density at radius 2 is 1.92 bits per heavy atom. The van der Waals surface area contributed by atoms with Crippen LogP contribution < -0.4 is 5.32 Å². The summed E-state index contributed by atoms with van der Waals surface area (Å²) in [5.41, 5.74) is 1.47. The summed E-state index contributed by atoms with van der Waals surface area (Å²) >= 11 is 0. The van der Waals surface area contributed by atoms with Gasteiger partial charge in [0.05, 0.1) is 6.26 Å². The number of hydrogen-bond donors (Lipinski definition) is 1. The predicted molar refractivity (Wildman–Crippen MR) is 90.8 cm³/mol. The second-order valence-corrected chi connectivity index (χ2v) is 6.35. The lowest BCUT2D eigenvalue weighted by Crippen LogP contribution is -2.53. The molecule has 6 heteroatoms. The van der Waals surface area contributed by atoms with Gasteiger partial charge in [-0.25, -0.2) is 4.79 Å². The van der Waals surface area contributed by atoms with E-state index in [9.17, 15) is 9.59 Å². The van der Waals surface area contributed by atoms with E-state index < -0.39 is 0 Å². The van der Waals surface area contributed by atoms with E-state index in [0.717, 1.165) is 6.42 Å². The lowest BCUT2D eigenvalue weighted by molar-refractivity contribution is 0.0634. The van der Waals surface area contributed by atoms with Gasteiger partial charge in [-0.1, -0.05) is 11.6 Å². The molecule has 130 valence electrons. The van der Waals surface area contributed by atoms with Crippen LogP contribution in [0.25, 0.3) is 0 Å². The molecular weight excluding hydrogens is 306 g/mol. The second kappa shape index (κ2) is 8.04. The van der Waals surface area contributed by atoms with E-state index in [1.807, 2.05) is 0 Å². The number of carbonyl (C=O) groups excluding carboxylic acids is 2. The van der Waals surface area contributed by atoms with Crippen LogP contribution in [0.4, 0.5) is 4.79 Å². The Morgan fingerprint density at radius 1 is 1.12 bits per heavy atom. The fourth-order valence-corrected chi connectivity index (χ4v) is 3.24. The van der Waals surface area contributed by atoms with Gasteiger partial charge in [0.15, 0.2) is 5.76 Å². The van der Waals surface area contributed by atoms with Crippen LogP contribution in [0.3, 0.4) is 0 Å². The van der Waals surface area contributed by atoms with E-state index in [1.54, 1.807) is 21.9 Å². The van der Waals surface area contributed by atoms with E-state index in [4.69, 9.17) is 4.42 Å². The third-order valence-corrected chi connectivity index (χ3v) is 4.69. The van der Waals surface area contributed by atoms with Crippen LogP contribution in [0, 0.1) is 0 Å². The van der Waals surface area contributed by atoms with Crippen LogP contribution in [0.15, 0.2) is 34.5 Å². The minimum absolute atomic E-state index is 0.0310. The average molecular weight is 331 g/mol. The predicted octanol–water partition coefficient (Wildman–Crippen LogP) is 2.64. The Morgan fingerprint density at radius 3 is 2.58 bits per heavy atom. The molecule has 1 aliphatic carbocycles. The molecule has 0 saturated carbocycles. The fourth-order valence-electron chi connectivity index (χ4n) is 3.24. The van der Waals surface area contributed by atoms with Gasteiger partial charge in [0, 0.05) is 32.7 Å². The van der Waals surface area contributed by atoms with Gasteiger partial charge < -0.3 is 19.5 Å². The number of rotatable bonds is 4. The Balaban J connectivity index is 1.38. The molecule has 0 spiro atoms. The molecule has 0 unspecified atom stereocenters. The topological polar surface area (TPSA) is 65.8 Å². The van der Waals surface area contributed by atoms with Gasteiger partial charge in [-0.15, -0.1) is 0 Å². The van der Waals surface area contributed by atoms with Crippen molar-refractivity contribution < 1.29 is 14.0 Å². The number of amides is 3. The maximum Gasteiger partial charge on any atom is 0.317 e. The largest absolute Gasteiger partial charge is 0.459 e. The van der Waals surface area contributed by atoms with Gasteiger partial charge in [0.1, 0.15) is 0 Å². The first-order valence-electron chi connectivity index (χ1n) is 8.77. The second-order valence-electron chi connectivity index (χ2n) is 6.35. The van der Waals surface area contributed by atoms with Crippen molar-refractivity contribution in [1.82, 2.24) is 15.1 Å². The maximum atomic E-state index is 12.2. The first-order chi connectivity index (χ1) is 11.7. The van der Waals surface area contributed by atoms with Gasteiger partial charge >= 0.3 is 6.03 Å². The van der Waals surface area contributed by atoms with Crippen molar-refractivity contribution in [3.8, 4) is 0 Å². The lowest BCUT2D eigenvalue weighted by Gasteiger charge is -2.34. The van der Waals surface area contributed by atoms with Crippen molar-refractivity contribution in [2.45, 2.75) is 32.1 Å². The standard InChI is InChI=1S/C18H25N3O3/c22-17(16-7-4-14-24-16)20-10-12-21(13-11-20)18(23)19-9-8-15-5-2-1-3-6-15/h4-5,7,14H,1-3,6,8-13H2,(H,19,23). The molecule has 3 amide bonds. The smallest absolute Gasteiger partial charge is 0.317 e. The van der Waals surface area contributed by atoms with Gasteiger partial charge in [-0.05, 0) is 44.2 Å². The van der Waals surface area contributed by atoms with Crippen molar-refractivity contribution in [3.63, 3.8) is 0 Å². The molecule has 2 aliphatic rings. The quantitative estimate of drug-likeness (QED) is 0.863. The van der Waals surface area contributed by atoms with Crippen LogP contribution in [0.2, 0.25) is 0 Å². The monoisotopic (exact) mass is 331 g/mol. The summed E-state index contributed by atoms with van der Waals surface area (Å²) in [6, 6.07) is 3.34. The molecule has 1 aliphatic heterocycles. The minimum atomic E-state index is -0.107. The zero-order valence-electron chi connectivity index (χ0n) is 14.0. The van der Waals surface area contributed by atoms with Gasteiger partial charge in [-0.3, -0.25) is 4.79 Å². The average Bonchev–Trinajstić information content (AvgIpc) is 3.17. The third-order valence-electron chi connectivity index (χ3n) is 4.69. The molecule has 1 N–H and O–H groups in total. The van der Waals surface area contributed by atoms with Crippen LogP contribution in [0.1, 0.15) is 42.7 Å². The Hall–Kier alpha value is -2.24. The minimum Gasteiger partial charge on any atom is -0.459 e. The first kappa shape index (κ1) is 16.6. The van der Waals surface area contributed by atoms with E-state index in [2.05, 4.69) is 11.4 Å². The molecule has 6 nitrogen and oxygen atoms in total. The van der Waals surface area contributed by atoms with Gasteiger partial charge in [0.25, 0.3) is 5.91 Å². The third kappa shape index (κ3) is 4.19. The molecule has 0 bridgehead atoms. The van der Waals surface area contributed by atoms with E-state index >= 15 is 0 Å². The lowest BCUT2D eigenvalue weighted by atomic mass is 9.97. The Kier molecular flexibility index (Phi) is 5.56. The number of urea groups is 1. The van der Waals surface area contributed by atoms with Gasteiger partial charge in [-0.2, -0.15) is 0 Å². The number of piperazine rings is 1. The SMILES string of the molecule is O=C(NCCC1=CCCCC1)N1CCN(C(=O)c2ccco2)CC1. The Bertz CT molecular complexity index is 587. The van der Waals surface area contributed by atoms with Crippen LogP contribution in [-0.2, 0) is 0 Å². The fraction of sp³-hybridized carbons (Fsp3) is 0.556. The molecule has 0 radical (unpaired) electrons. The highest BCUT2D eigenvalue weighted by atomic mass is 16.3. The zero-order valence-corrected chi connectivity index (χ0v) is 14.0. The summed E-state index contributed by atoms with van der Waals surface area (Å²) < 4.78 is 5.14. The number of nitrogens with one attached hydrogen (secondary N) is 1. The molecule has 0 atom stereocenters. The maximum absolute atomic E-state index is 12.2. The first-order valence-corrected chi connectivity index (χ1v) is 8.77. The number of carbonyl (C=O) groups is 2. The number of hydrogen-bond acceptors (Lipinski definition) is 3. The van der Waals surface area contributed by atoms with E-state index in [1.165, 1.54) is 37.5 Å². The highest BCUT2D eigenvalue weighted by Gasteiger charge is 2.25. The summed E-state index contributed by atoms with van der Waals surface area (Å²) in [5, 5.41) is 3.00. The number of allylic oxidation sites excluding steroid dienone is 1. The van der Waals surface area contributed by atoms with Crippen LogP contribution in [-0.4, -0.2) is 54.5 Å². The zero-order chi connectivity index (χ0) is 16.8. The molecule has 1 fully saturated rings. The highest BCUT2D eigenvalue weighted by molar-refractivity contribution is 5.91. The molecule has 1 saturated heterocycles. The molecule has 1 aromatic heterocycles. The summed E-state index contributed by atoms with van der Waals surface area (Å²) in [6.07, 6.45) is 9.66. The molecule has 3 rings (SSSR count). The summed E-state index contributed by atoms with van der Waals surface area (Å²) in [4.78, 5) is 27.9. The summed E-state index contributed by atoms with van der Waals surface area (Å²) in [6.45, 7) is 2.88. The number of nitrogens with zero attached hydrogens (tertiary/aromatic N) is 2. The number of furan rings is 1. The Labute approximate surface area is 142 Å². The molecule has 2 heterocycles. The van der Waals surface area contributed by atoms with E-state index in [-0.39, 0.29) is 11.9 Å². The van der Waals surface area contributed by atoms with Crippen molar-refractivity contribution in [2.75, 3.05) is 32.7 Å². The van der Waals surface area contributed by atoms with Gasteiger partial charge in [0.2, 0.25) is 0 Å². The normalized spacial score (nSPS) is 18.2. The van der Waals surface area contributed by atoms with Crippen molar-refractivity contribution in [3.05, 3.63) is 35.8 Å². The van der Waals surface area contributed by atoms with Crippen molar-refractivity contribution >= 4 is 11.9 Å². The van der Waals surface area contributed by atoms with Crippen LogP contribution >= 0.6 is 0 Å². The molecule has 24 heavy (non-hydrogen) atoms. The van der Waals surface area contributed by atoms with Crippen molar-refractivity contribution in [1.29, 1.82) is 0 Å². The molecular formula is C18H25N3O3. The van der Waals surface area contributed by atoms with E-state index in [0.29, 0.717) is 38.5 Å². The van der Waals surface area contributed by atoms with Crippen LogP contribution in [0.5, 0.6) is 0 Å². The molecule has 0 aromatic carbocycles.